The lowest BCUT2D eigenvalue weighted by atomic mass is 10.3. The summed E-state index contributed by atoms with van der Waals surface area (Å²) in [4.78, 5) is 8.04. The normalized spacial score (nSPS) is 12.2. The Bertz CT molecular complexity index is 296. The van der Waals surface area contributed by atoms with Gasteiger partial charge >= 0.3 is 0 Å². The highest BCUT2D eigenvalue weighted by atomic mass is 16.5. The van der Waals surface area contributed by atoms with Gasteiger partial charge in [0.05, 0.1) is 26.4 Å². The standard InChI is InChI=1S/C9H15N3O3/c1-14-6-7(5-13)11-9-10-4-3-8(12-9)15-2/h3-4,7,13H,5-6H2,1-2H3,(H,10,11,12). The molecule has 6 heteroatoms. The summed E-state index contributed by atoms with van der Waals surface area (Å²) < 4.78 is 9.86. The molecule has 0 aromatic carbocycles. The lowest BCUT2D eigenvalue weighted by Crippen LogP contribution is -2.29. The van der Waals surface area contributed by atoms with Gasteiger partial charge in [0.1, 0.15) is 0 Å². The predicted molar refractivity (Wildman–Crippen MR) is 55.0 cm³/mol. The molecule has 0 fully saturated rings. The molecule has 0 bridgehead atoms. The lowest BCUT2D eigenvalue weighted by Gasteiger charge is -2.14. The van der Waals surface area contributed by atoms with E-state index in [1.54, 1.807) is 19.4 Å². The summed E-state index contributed by atoms with van der Waals surface area (Å²) in [5, 5.41) is 11.9. The highest BCUT2D eigenvalue weighted by Gasteiger charge is 2.08. The zero-order chi connectivity index (χ0) is 11.1. The first-order valence-electron chi connectivity index (χ1n) is 4.53. The molecule has 0 aliphatic rings. The molecule has 1 aromatic rings. The summed E-state index contributed by atoms with van der Waals surface area (Å²) >= 11 is 0. The zero-order valence-corrected chi connectivity index (χ0v) is 8.80. The minimum atomic E-state index is -0.220. The van der Waals surface area contributed by atoms with Crippen molar-refractivity contribution in [3.8, 4) is 5.88 Å². The molecule has 15 heavy (non-hydrogen) atoms. The number of aliphatic hydroxyl groups is 1. The van der Waals surface area contributed by atoms with E-state index in [2.05, 4.69) is 15.3 Å². The molecule has 1 unspecified atom stereocenters. The number of hydrogen-bond donors (Lipinski definition) is 2. The van der Waals surface area contributed by atoms with E-state index < -0.39 is 0 Å². The first-order valence-corrected chi connectivity index (χ1v) is 4.53. The summed E-state index contributed by atoms with van der Waals surface area (Å²) in [5.41, 5.74) is 0. The highest BCUT2D eigenvalue weighted by Crippen LogP contribution is 2.08. The topological polar surface area (TPSA) is 76.5 Å². The molecule has 2 N–H and O–H groups in total. The molecule has 0 spiro atoms. The van der Waals surface area contributed by atoms with Gasteiger partial charge in [-0.15, -0.1) is 0 Å². The van der Waals surface area contributed by atoms with Crippen molar-refractivity contribution in [1.29, 1.82) is 0 Å². The Hall–Kier alpha value is -1.40. The van der Waals surface area contributed by atoms with Crippen LogP contribution in [0.1, 0.15) is 0 Å². The molecule has 1 aromatic heterocycles. The van der Waals surface area contributed by atoms with Crippen molar-refractivity contribution < 1.29 is 14.6 Å². The lowest BCUT2D eigenvalue weighted by molar-refractivity contribution is 0.153. The van der Waals surface area contributed by atoms with Crippen LogP contribution in [0.15, 0.2) is 12.3 Å². The van der Waals surface area contributed by atoms with Crippen molar-refractivity contribution >= 4 is 5.95 Å². The fourth-order valence-corrected chi connectivity index (χ4v) is 1.05. The van der Waals surface area contributed by atoms with E-state index in [0.29, 0.717) is 18.4 Å². The van der Waals surface area contributed by atoms with Gasteiger partial charge < -0.3 is 19.9 Å². The maximum Gasteiger partial charge on any atom is 0.226 e. The van der Waals surface area contributed by atoms with Crippen LogP contribution in [0.2, 0.25) is 0 Å². The fraction of sp³-hybridized carbons (Fsp3) is 0.556. The average molecular weight is 213 g/mol. The van der Waals surface area contributed by atoms with Crippen LogP contribution in [0, 0.1) is 0 Å². The van der Waals surface area contributed by atoms with Crippen LogP contribution in [0.4, 0.5) is 5.95 Å². The van der Waals surface area contributed by atoms with E-state index in [4.69, 9.17) is 14.6 Å². The Balaban J connectivity index is 2.61. The maximum absolute atomic E-state index is 9.02. The smallest absolute Gasteiger partial charge is 0.226 e. The second-order valence-corrected chi connectivity index (χ2v) is 2.90. The number of methoxy groups -OCH3 is 2. The number of aromatic nitrogens is 2. The molecule has 1 heterocycles. The van der Waals surface area contributed by atoms with E-state index in [0.717, 1.165) is 0 Å². The van der Waals surface area contributed by atoms with Crippen LogP contribution in [0.25, 0.3) is 0 Å². The van der Waals surface area contributed by atoms with Gasteiger partial charge in [0, 0.05) is 19.4 Å². The molecule has 0 amide bonds. The summed E-state index contributed by atoms with van der Waals surface area (Å²) in [6, 6.07) is 1.43. The first-order chi connectivity index (χ1) is 7.30. The van der Waals surface area contributed by atoms with Crippen molar-refractivity contribution in [3.63, 3.8) is 0 Å². The Morgan fingerprint density at radius 2 is 2.33 bits per heavy atom. The number of hydrogen-bond acceptors (Lipinski definition) is 6. The Morgan fingerprint density at radius 3 is 2.93 bits per heavy atom. The highest BCUT2D eigenvalue weighted by molar-refractivity contribution is 5.28. The third-order valence-electron chi connectivity index (χ3n) is 1.76. The molecule has 0 aliphatic carbocycles. The van der Waals surface area contributed by atoms with E-state index in [-0.39, 0.29) is 12.6 Å². The van der Waals surface area contributed by atoms with Gasteiger partial charge in [-0.2, -0.15) is 4.98 Å². The van der Waals surface area contributed by atoms with Crippen LogP contribution < -0.4 is 10.1 Å². The quantitative estimate of drug-likeness (QED) is 0.687. The maximum atomic E-state index is 9.02. The van der Waals surface area contributed by atoms with Crippen molar-refractivity contribution in [1.82, 2.24) is 9.97 Å². The van der Waals surface area contributed by atoms with Crippen LogP contribution in [-0.2, 0) is 4.74 Å². The third-order valence-corrected chi connectivity index (χ3v) is 1.76. The fourth-order valence-electron chi connectivity index (χ4n) is 1.05. The Morgan fingerprint density at radius 1 is 1.53 bits per heavy atom. The van der Waals surface area contributed by atoms with Crippen LogP contribution in [0.3, 0.4) is 0 Å². The monoisotopic (exact) mass is 213 g/mol. The van der Waals surface area contributed by atoms with Crippen molar-refractivity contribution in [2.24, 2.45) is 0 Å². The number of nitrogens with zero attached hydrogens (tertiary/aromatic N) is 2. The summed E-state index contributed by atoms with van der Waals surface area (Å²) in [5.74, 6) is 0.882. The zero-order valence-electron chi connectivity index (χ0n) is 8.80. The largest absolute Gasteiger partial charge is 0.481 e. The summed E-state index contributed by atoms with van der Waals surface area (Å²) in [6.45, 7) is 0.339. The number of nitrogens with one attached hydrogen (secondary N) is 1. The molecule has 0 radical (unpaired) electrons. The second kappa shape index (κ2) is 6.15. The van der Waals surface area contributed by atoms with Gasteiger partial charge in [-0.3, -0.25) is 0 Å². The predicted octanol–water partition coefficient (Wildman–Crippen LogP) is -0.0956. The van der Waals surface area contributed by atoms with E-state index in [1.807, 2.05) is 0 Å². The van der Waals surface area contributed by atoms with Gasteiger partial charge in [-0.1, -0.05) is 0 Å². The molecular weight excluding hydrogens is 198 g/mol. The van der Waals surface area contributed by atoms with Crippen molar-refractivity contribution in [2.45, 2.75) is 6.04 Å². The van der Waals surface area contributed by atoms with E-state index >= 15 is 0 Å². The van der Waals surface area contributed by atoms with Gasteiger partial charge in [0.2, 0.25) is 11.8 Å². The van der Waals surface area contributed by atoms with E-state index in [9.17, 15) is 0 Å². The summed E-state index contributed by atoms with van der Waals surface area (Å²) in [7, 11) is 3.10. The molecular formula is C9H15N3O3. The number of ether oxygens (including phenoxy) is 2. The van der Waals surface area contributed by atoms with Crippen LogP contribution in [0.5, 0.6) is 5.88 Å². The molecule has 0 aliphatic heterocycles. The third kappa shape index (κ3) is 3.69. The van der Waals surface area contributed by atoms with Gasteiger partial charge in [-0.05, 0) is 0 Å². The first kappa shape index (κ1) is 11.7. The van der Waals surface area contributed by atoms with Crippen molar-refractivity contribution in [3.05, 3.63) is 12.3 Å². The Labute approximate surface area is 88.3 Å². The summed E-state index contributed by atoms with van der Waals surface area (Å²) in [6.07, 6.45) is 1.58. The molecule has 0 saturated carbocycles. The van der Waals surface area contributed by atoms with Gasteiger partial charge in [0.25, 0.3) is 0 Å². The average Bonchev–Trinajstić information content (AvgIpc) is 2.29. The van der Waals surface area contributed by atoms with Crippen LogP contribution in [-0.4, -0.2) is 48.5 Å². The van der Waals surface area contributed by atoms with Crippen molar-refractivity contribution in [2.75, 3.05) is 32.8 Å². The SMILES string of the molecule is COCC(CO)Nc1nccc(OC)n1. The van der Waals surface area contributed by atoms with Gasteiger partial charge in [0.15, 0.2) is 0 Å². The minimum Gasteiger partial charge on any atom is -0.481 e. The minimum absolute atomic E-state index is 0.0472. The number of anilines is 1. The Kier molecular flexibility index (Phi) is 4.79. The molecule has 84 valence electrons. The molecule has 1 rings (SSSR count). The second-order valence-electron chi connectivity index (χ2n) is 2.90. The van der Waals surface area contributed by atoms with Gasteiger partial charge in [-0.25, -0.2) is 4.98 Å². The number of rotatable bonds is 6. The number of aliphatic hydroxyl groups excluding tert-OH is 1. The van der Waals surface area contributed by atoms with Crippen LogP contribution >= 0.6 is 0 Å². The molecule has 1 atom stereocenters. The van der Waals surface area contributed by atoms with E-state index in [1.165, 1.54) is 7.11 Å². The molecule has 0 saturated heterocycles. The molecule has 6 nitrogen and oxygen atoms in total.